The zero-order chi connectivity index (χ0) is 23.9. The van der Waals surface area contributed by atoms with Gasteiger partial charge < -0.3 is 19.5 Å². The summed E-state index contributed by atoms with van der Waals surface area (Å²) in [7, 11) is 0. The molecular formula is C25H29N4O4S-. The normalized spacial score (nSPS) is 15.3. The number of nitrogens with zero attached hydrogens (tertiary/aromatic N) is 3. The van der Waals surface area contributed by atoms with Crippen molar-refractivity contribution in [1.82, 2.24) is 15.2 Å². The zero-order valence-corrected chi connectivity index (χ0v) is 20.0. The average Bonchev–Trinajstić information content (AvgIpc) is 2.86. The quantitative estimate of drug-likeness (QED) is 0.492. The van der Waals surface area contributed by atoms with Crippen LogP contribution in [0.4, 0.5) is 10.5 Å². The summed E-state index contributed by atoms with van der Waals surface area (Å²) >= 11 is -2.44. The van der Waals surface area contributed by atoms with Crippen molar-refractivity contribution in [2.45, 2.75) is 38.9 Å². The summed E-state index contributed by atoms with van der Waals surface area (Å²) in [6, 6.07) is 15.5. The maximum absolute atomic E-state index is 12.4. The summed E-state index contributed by atoms with van der Waals surface area (Å²) in [5.41, 5.74) is 2.91. The highest BCUT2D eigenvalue weighted by molar-refractivity contribution is 7.80. The van der Waals surface area contributed by atoms with E-state index in [4.69, 9.17) is 4.74 Å². The van der Waals surface area contributed by atoms with Crippen LogP contribution in [0.3, 0.4) is 0 Å². The van der Waals surface area contributed by atoms with E-state index in [2.05, 4.69) is 10.3 Å². The number of aromatic nitrogens is 1. The molecule has 1 amide bonds. The predicted octanol–water partition coefficient (Wildman–Crippen LogP) is 3.75. The van der Waals surface area contributed by atoms with Crippen molar-refractivity contribution in [3.63, 3.8) is 0 Å². The minimum atomic E-state index is -2.44. The van der Waals surface area contributed by atoms with Crippen LogP contribution in [0.2, 0.25) is 0 Å². The predicted molar refractivity (Wildman–Crippen MR) is 132 cm³/mol. The van der Waals surface area contributed by atoms with E-state index in [9.17, 15) is 13.6 Å². The summed E-state index contributed by atoms with van der Waals surface area (Å²) in [6.45, 7) is 4.40. The summed E-state index contributed by atoms with van der Waals surface area (Å²) in [5.74, 6) is 0. The molecule has 2 aromatic carbocycles. The van der Waals surface area contributed by atoms with Crippen molar-refractivity contribution < 1.29 is 18.3 Å². The van der Waals surface area contributed by atoms with Gasteiger partial charge in [0.1, 0.15) is 0 Å². The molecule has 0 spiro atoms. The Hall–Kier alpha value is -3.01. The number of anilines is 1. The first-order valence-corrected chi connectivity index (χ1v) is 12.5. The van der Waals surface area contributed by atoms with Gasteiger partial charge in [0, 0.05) is 61.3 Å². The number of likely N-dealkylation sites (tertiary alicyclic amines) is 1. The van der Waals surface area contributed by atoms with Crippen molar-refractivity contribution >= 4 is 33.8 Å². The van der Waals surface area contributed by atoms with Crippen LogP contribution in [-0.2, 0) is 29.1 Å². The lowest BCUT2D eigenvalue weighted by Crippen LogP contribution is -2.47. The van der Waals surface area contributed by atoms with Gasteiger partial charge in [-0.05, 0) is 54.5 Å². The second kappa shape index (κ2) is 11.4. The van der Waals surface area contributed by atoms with E-state index in [1.165, 1.54) is 4.31 Å². The van der Waals surface area contributed by atoms with Crippen LogP contribution in [0.1, 0.15) is 30.9 Å². The molecule has 0 bridgehead atoms. The van der Waals surface area contributed by atoms with E-state index in [1.54, 1.807) is 24.2 Å². The number of carbonyl (C=O) groups is 1. The highest BCUT2D eigenvalue weighted by atomic mass is 32.2. The molecule has 1 unspecified atom stereocenters. The second-order valence-corrected chi connectivity index (χ2v) is 9.04. The lowest BCUT2D eigenvalue weighted by molar-refractivity contribution is 0.0976. The molecule has 4 rings (SSSR count). The zero-order valence-electron chi connectivity index (χ0n) is 19.2. The number of pyridine rings is 1. The van der Waals surface area contributed by atoms with E-state index in [0.717, 1.165) is 21.9 Å². The Bertz CT molecular complexity index is 1140. The van der Waals surface area contributed by atoms with Crippen LogP contribution < -0.4 is 9.62 Å². The SMILES string of the molecule is CCOC(=O)N1CCC(N(c2ccc(CNCc3ccncc3)c3ccccc23)S(=O)[O-])CC1. The van der Waals surface area contributed by atoms with Crippen LogP contribution in [0, 0.1) is 0 Å². The Morgan fingerprint density at radius 2 is 1.82 bits per heavy atom. The third-order valence-corrected chi connectivity index (χ3v) is 6.92. The van der Waals surface area contributed by atoms with Gasteiger partial charge in [-0.15, -0.1) is 0 Å². The van der Waals surface area contributed by atoms with E-state index >= 15 is 0 Å². The summed E-state index contributed by atoms with van der Waals surface area (Å²) in [5, 5.41) is 5.37. The number of hydrogen-bond acceptors (Lipinski definition) is 6. The van der Waals surface area contributed by atoms with Gasteiger partial charge in [-0.3, -0.25) is 13.5 Å². The van der Waals surface area contributed by atoms with Gasteiger partial charge in [-0.1, -0.05) is 30.3 Å². The molecule has 34 heavy (non-hydrogen) atoms. The van der Waals surface area contributed by atoms with Crippen molar-refractivity contribution in [2.24, 2.45) is 0 Å². The molecule has 0 radical (unpaired) electrons. The molecule has 0 saturated carbocycles. The molecule has 3 aromatic rings. The third-order valence-electron chi connectivity index (χ3n) is 6.11. The first kappa shape index (κ1) is 24.1. The van der Waals surface area contributed by atoms with Crippen molar-refractivity contribution in [1.29, 1.82) is 0 Å². The fourth-order valence-electron chi connectivity index (χ4n) is 4.43. The molecule has 1 aliphatic rings. The van der Waals surface area contributed by atoms with Gasteiger partial charge in [0.25, 0.3) is 0 Å². The third kappa shape index (κ3) is 5.55. The maximum Gasteiger partial charge on any atom is 0.409 e. The Morgan fingerprint density at radius 1 is 1.12 bits per heavy atom. The van der Waals surface area contributed by atoms with Crippen LogP contribution in [0.25, 0.3) is 10.8 Å². The molecule has 1 fully saturated rings. The minimum Gasteiger partial charge on any atom is -0.755 e. The second-order valence-electron chi connectivity index (χ2n) is 8.21. The molecular weight excluding hydrogens is 452 g/mol. The van der Waals surface area contributed by atoms with Crippen LogP contribution in [-0.4, -0.2) is 50.5 Å². The van der Waals surface area contributed by atoms with Gasteiger partial charge >= 0.3 is 6.09 Å². The van der Waals surface area contributed by atoms with Gasteiger partial charge in [-0.25, -0.2) is 4.79 Å². The van der Waals surface area contributed by atoms with E-state index in [-0.39, 0.29) is 12.1 Å². The standard InChI is InChI=1S/C25H30N4O4S/c1-2-33-25(30)28-15-11-21(12-16-28)29(34(31)32)24-8-7-20(22-5-3-4-6-23(22)24)18-27-17-19-9-13-26-14-10-19/h3-10,13-14,21,27H,2,11-12,15-18H2,1H3,(H,31,32)/p-1. The smallest absolute Gasteiger partial charge is 0.409 e. The van der Waals surface area contributed by atoms with Gasteiger partial charge in [0.15, 0.2) is 0 Å². The minimum absolute atomic E-state index is 0.219. The Balaban J connectivity index is 1.53. The molecule has 1 atom stereocenters. The van der Waals surface area contributed by atoms with Crippen molar-refractivity contribution in [2.75, 3.05) is 24.0 Å². The summed E-state index contributed by atoms with van der Waals surface area (Å²) in [4.78, 5) is 17.7. The van der Waals surface area contributed by atoms with E-state index in [0.29, 0.717) is 51.3 Å². The number of nitrogens with one attached hydrogen (secondary N) is 1. The number of rotatable bonds is 8. The first-order valence-electron chi connectivity index (χ1n) is 11.5. The van der Waals surface area contributed by atoms with Crippen LogP contribution in [0.15, 0.2) is 60.9 Å². The first-order chi connectivity index (χ1) is 16.6. The average molecular weight is 482 g/mol. The van der Waals surface area contributed by atoms with E-state index in [1.807, 2.05) is 48.5 Å². The Labute approximate surface area is 202 Å². The van der Waals surface area contributed by atoms with Crippen LogP contribution >= 0.6 is 0 Å². The van der Waals surface area contributed by atoms with Crippen molar-refractivity contribution in [3.05, 3.63) is 72.1 Å². The molecule has 180 valence electrons. The lowest BCUT2D eigenvalue weighted by Gasteiger charge is -2.40. The van der Waals surface area contributed by atoms with E-state index < -0.39 is 11.3 Å². The number of carbonyl (C=O) groups excluding carboxylic acids is 1. The highest BCUT2D eigenvalue weighted by Crippen LogP contribution is 2.33. The van der Waals surface area contributed by atoms with Crippen LogP contribution in [0.5, 0.6) is 0 Å². The van der Waals surface area contributed by atoms with Gasteiger partial charge in [0.2, 0.25) is 0 Å². The fraction of sp³-hybridized carbons (Fsp3) is 0.360. The number of hydrogen-bond donors (Lipinski definition) is 1. The summed E-state index contributed by atoms with van der Waals surface area (Å²) < 4.78 is 31.3. The molecule has 1 aromatic heterocycles. The molecule has 1 aliphatic heterocycles. The number of piperidine rings is 1. The molecule has 8 nitrogen and oxygen atoms in total. The Kier molecular flexibility index (Phi) is 8.10. The summed E-state index contributed by atoms with van der Waals surface area (Å²) in [6.07, 6.45) is 4.31. The molecule has 9 heteroatoms. The van der Waals surface area contributed by atoms with Crippen molar-refractivity contribution in [3.8, 4) is 0 Å². The molecule has 2 heterocycles. The molecule has 1 N–H and O–H groups in total. The number of benzene rings is 2. The topological polar surface area (TPSA) is 97.8 Å². The number of ether oxygens (including phenoxy) is 1. The van der Waals surface area contributed by atoms with Gasteiger partial charge in [0.05, 0.1) is 12.3 Å². The fourth-order valence-corrected chi connectivity index (χ4v) is 5.20. The maximum atomic E-state index is 12.4. The molecule has 1 saturated heterocycles. The monoisotopic (exact) mass is 481 g/mol. The van der Waals surface area contributed by atoms with Gasteiger partial charge in [-0.2, -0.15) is 0 Å². The Morgan fingerprint density at radius 3 is 2.50 bits per heavy atom. The molecule has 0 aliphatic carbocycles. The number of fused-ring (bicyclic) bond motifs is 1. The lowest BCUT2D eigenvalue weighted by atomic mass is 10.00. The number of amides is 1. The largest absolute Gasteiger partial charge is 0.755 e. The highest BCUT2D eigenvalue weighted by Gasteiger charge is 2.29.